The van der Waals surface area contributed by atoms with Gasteiger partial charge in [0.2, 0.25) is 5.91 Å². The molecule has 180 valence electrons. The number of nitrogens with zero attached hydrogens (tertiary/aromatic N) is 2. The number of nitrogens with one attached hydrogen (secondary N) is 1. The quantitative estimate of drug-likeness (QED) is 0.128. The standard InChI is InChI=1S/C27H51N3O/c1-4-6-7-8-9-10-11-12-13-14-15-16-17-18-19-20-21-27-29-23-25-30(27,5-2)24-22-28-26(3)31/h6-7H,4-5,8-25H2,1-3H3/p+1/b7-6+. The van der Waals surface area contributed by atoms with Crippen molar-refractivity contribution in [2.45, 2.75) is 117 Å². The first-order chi connectivity index (χ1) is 15.1. The molecule has 0 aromatic heterocycles. The van der Waals surface area contributed by atoms with Crippen LogP contribution in [-0.4, -0.2) is 48.9 Å². The van der Waals surface area contributed by atoms with E-state index < -0.39 is 0 Å². The molecule has 1 aliphatic heterocycles. The number of amidine groups is 1. The van der Waals surface area contributed by atoms with Crippen LogP contribution in [0.25, 0.3) is 0 Å². The molecule has 1 amide bonds. The Morgan fingerprint density at radius 2 is 1.48 bits per heavy atom. The van der Waals surface area contributed by atoms with Gasteiger partial charge in [0.25, 0.3) is 0 Å². The molecule has 0 saturated carbocycles. The summed E-state index contributed by atoms with van der Waals surface area (Å²) in [4.78, 5) is 16.0. The molecule has 4 nitrogen and oxygen atoms in total. The largest absolute Gasteiger partial charge is 0.351 e. The van der Waals surface area contributed by atoms with Gasteiger partial charge in [0.1, 0.15) is 13.1 Å². The Morgan fingerprint density at radius 3 is 2.03 bits per heavy atom. The molecule has 1 heterocycles. The second-order valence-electron chi connectivity index (χ2n) is 9.35. The molecule has 0 saturated heterocycles. The summed E-state index contributed by atoms with van der Waals surface area (Å²) in [7, 11) is 0. The normalized spacial score (nSPS) is 18.6. The van der Waals surface area contributed by atoms with E-state index in [2.05, 4.69) is 31.3 Å². The van der Waals surface area contributed by atoms with Gasteiger partial charge in [-0.2, -0.15) is 0 Å². The van der Waals surface area contributed by atoms with Crippen LogP contribution in [0.2, 0.25) is 0 Å². The summed E-state index contributed by atoms with van der Waals surface area (Å²) in [5, 5.41) is 2.96. The Balaban J connectivity index is 1.96. The number of carbonyl (C=O) groups is 1. The fourth-order valence-corrected chi connectivity index (χ4v) is 4.75. The second kappa shape index (κ2) is 18.4. The topological polar surface area (TPSA) is 41.5 Å². The van der Waals surface area contributed by atoms with E-state index in [-0.39, 0.29) is 5.91 Å². The number of amides is 1. The van der Waals surface area contributed by atoms with E-state index >= 15 is 0 Å². The highest BCUT2D eigenvalue weighted by atomic mass is 16.1. The molecule has 0 bridgehead atoms. The number of carbonyl (C=O) groups excluding carboxylic acids is 1. The van der Waals surface area contributed by atoms with E-state index in [0.29, 0.717) is 0 Å². The molecule has 0 radical (unpaired) electrons. The number of hydrogen-bond acceptors (Lipinski definition) is 2. The zero-order valence-corrected chi connectivity index (χ0v) is 21.1. The predicted octanol–water partition coefficient (Wildman–Crippen LogP) is 6.80. The Morgan fingerprint density at radius 1 is 0.903 bits per heavy atom. The monoisotopic (exact) mass is 434 g/mol. The summed E-state index contributed by atoms with van der Waals surface area (Å²) in [5.74, 6) is 1.46. The van der Waals surface area contributed by atoms with Gasteiger partial charge in [0, 0.05) is 13.3 Å². The molecule has 1 unspecified atom stereocenters. The van der Waals surface area contributed by atoms with E-state index in [4.69, 9.17) is 4.99 Å². The SMILES string of the molecule is CC/C=C/CCCCCCCCCCCCCCC1=NCC[N+]1(CC)CCNC(C)=O. The van der Waals surface area contributed by atoms with E-state index in [1.54, 1.807) is 6.92 Å². The third-order valence-corrected chi connectivity index (χ3v) is 6.81. The van der Waals surface area contributed by atoms with Crippen LogP contribution in [-0.2, 0) is 4.79 Å². The van der Waals surface area contributed by atoms with Gasteiger partial charge in [-0.15, -0.1) is 0 Å². The van der Waals surface area contributed by atoms with Crippen LogP contribution in [0, 0.1) is 0 Å². The minimum absolute atomic E-state index is 0.0717. The van der Waals surface area contributed by atoms with E-state index in [1.807, 2.05) is 0 Å². The van der Waals surface area contributed by atoms with Gasteiger partial charge >= 0.3 is 0 Å². The summed E-state index contributed by atoms with van der Waals surface area (Å²) in [6, 6.07) is 0. The molecule has 0 spiro atoms. The lowest BCUT2D eigenvalue weighted by Gasteiger charge is -2.33. The van der Waals surface area contributed by atoms with Gasteiger partial charge in [-0.3, -0.25) is 9.28 Å². The van der Waals surface area contributed by atoms with Crippen molar-refractivity contribution >= 4 is 11.7 Å². The summed E-state index contributed by atoms with van der Waals surface area (Å²) in [5.41, 5.74) is 0. The van der Waals surface area contributed by atoms with Crippen molar-refractivity contribution in [3.05, 3.63) is 12.2 Å². The third-order valence-electron chi connectivity index (χ3n) is 6.81. The van der Waals surface area contributed by atoms with Crippen LogP contribution in [0.3, 0.4) is 0 Å². The number of quaternary nitrogens is 1. The number of aliphatic imine (C=N–C) groups is 1. The number of rotatable bonds is 20. The maximum Gasteiger partial charge on any atom is 0.217 e. The van der Waals surface area contributed by atoms with Crippen LogP contribution in [0.4, 0.5) is 0 Å². The van der Waals surface area contributed by atoms with Gasteiger partial charge in [0.15, 0.2) is 5.84 Å². The lowest BCUT2D eigenvalue weighted by molar-refractivity contribution is -0.833. The van der Waals surface area contributed by atoms with Crippen LogP contribution in [0.1, 0.15) is 117 Å². The first kappa shape index (κ1) is 27.9. The average molecular weight is 435 g/mol. The highest BCUT2D eigenvalue weighted by Crippen LogP contribution is 2.20. The lowest BCUT2D eigenvalue weighted by Crippen LogP contribution is -2.54. The Kier molecular flexibility index (Phi) is 16.6. The average Bonchev–Trinajstić information content (AvgIpc) is 3.16. The maximum atomic E-state index is 11.2. The van der Waals surface area contributed by atoms with E-state index in [0.717, 1.165) is 43.6 Å². The van der Waals surface area contributed by atoms with Gasteiger partial charge in [-0.25, -0.2) is 4.99 Å². The molecule has 1 rings (SSSR count). The zero-order chi connectivity index (χ0) is 22.6. The number of allylic oxidation sites excluding steroid dienone is 2. The molecule has 1 aliphatic rings. The molecule has 1 atom stereocenters. The maximum absolute atomic E-state index is 11.2. The molecular formula is C27H52N3O+. The molecule has 0 aromatic rings. The van der Waals surface area contributed by atoms with Crippen LogP contribution >= 0.6 is 0 Å². The van der Waals surface area contributed by atoms with Crippen molar-refractivity contribution in [1.29, 1.82) is 0 Å². The van der Waals surface area contributed by atoms with Crippen LogP contribution in [0.5, 0.6) is 0 Å². The molecule has 0 fully saturated rings. The summed E-state index contributed by atoms with van der Waals surface area (Å²) in [6.07, 6.45) is 24.9. The molecule has 1 N–H and O–H groups in total. The predicted molar refractivity (Wildman–Crippen MR) is 136 cm³/mol. The van der Waals surface area contributed by atoms with Gasteiger partial charge < -0.3 is 5.32 Å². The smallest absolute Gasteiger partial charge is 0.217 e. The van der Waals surface area contributed by atoms with E-state index in [1.165, 1.54) is 95.7 Å². The summed E-state index contributed by atoms with van der Waals surface area (Å²) in [6.45, 7) is 11.0. The van der Waals surface area contributed by atoms with Crippen molar-refractivity contribution in [3.63, 3.8) is 0 Å². The minimum Gasteiger partial charge on any atom is -0.351 e. The first-order valence-corrected chi connectivity index (χ1v) is 13.4. The minimum atomic E-state index is 0.0717. The molecular weight excluding hydrogens is 382 g/mol. The Bertz CT molecular complexity index is 515. The fourth-order valence-electron chi connectivity index (χ4n) is 4.75. The fraction of sp³-hybridized carbons (Fsp3) is 0.852. The van der Waals surface area contributed by atoms with Crippen molar-refractivity contribution in [2.24, 2.45) is 4.99 Å². The molecule has 0 aromatic carbocycles. The van der Waals surface area contributed by atoms with Gasteiger partial charge in [-0.1, -0.05) is 83.3 Å². The van der Waals surface area contributed by atoms with E-state index in [9.17, 15) is 4.79 Å². The summed E-state index contributed by atoms with van der Waals surface area (Å²) < 4.78 is 0.996. The lowest BCUT2D eigenvalue weighted by atomic mass is 10.0. The molecule has 31 heavy (non-hydrogen) atoms. The van der Waals surface area contributed by atoms with Crippen LogP contribution in [0.15, 0.2) is 17.1 Å². The van der Waals surface area contributed by atoms with Gasteiger partial charge in [0.05, 0.1) is 19.6 Å². The van der Waals surface area contributed by atoms with Gasteiger partial charge in [-0.05, 0) is 32.6 Å². The third kappa shape index (κ3) is 13.1. The molecule has 0 aliphatic carbocycles. The zero-order valence-electron chi connectivity index (χ0n) is 21.1. The number of likely N-dealkylation sites (N-methyl/N-ethyl adjacent to an activating group) is 1. The van der Waals surface area contributed by atoms with Crippen molar-refractivity contribution < 1.29 is 9.28 Å². The Labute approximate surface area is 193 Å². The summed E-state index contributed by atoms with van der Waals surface area (Å²) >= 11 is 0. The Hall–Kier alpha value is -1.16. The number of hydrogen-bond donors (Lipinski definition) is 1. The highest BCUT2D eigenvalue weighted by Gasteiger charge is 2.35. The van der Waals surface area contributed by atoms with Crippen molar-refractivity contribution in [3.8, 4) is 0 Å². The second-order valence-corrected chi connectivity index (χ2v) is 9.35. The number of unbranched alkanes of at least 4 members (excludes halogenated alkanes) is 12. The van der Waals surface area contributed by atoms with Crippen molar-refractivity contribution in [1.82, 2.24) is 5.32 Å². The first-order valence-electron chi connectivity index (χ1n) is 13.4. The highest BCUT2D eigenvalue weighted by molar-refractivity contribution is 5.77. The van der Waals surface area contributed by atoms with Crippen LogP contribution < -0.4 is 5.32 Å². The van der Waals surface area contributed by atoms with Crippen molar-refractivity contribution in [2.75, 3.05) is 32.7 Å². The molecule has 4 heteroatoms.